The number of halogens is 1. The van der Waals surface area contributed by atoms with Gasteiger partial charge in [-0.1, -0.05) is 48.5 Å². The zero-order chi connectivity index (χ0) is 21.3. The maximum Gasteiger partial charge on any atom is 0.261 e. The molecule has 3 aromatic carbocycles. The summed E-state index contributed by atoms with van der Waals surface area (Å²) in [5.74, 6) is -0.992. The Morgan fingerprint density at radius 1 is 0.933 bits per heavy atom. The van der Waals surface area contributed by atoms with Gasteiger partial charge >= 0.3 is 0 Å². The van der Waals surface area contributed by atoms with E-state index in [0.29, 0.717) is 12.1 Å². The molecule has 0 aliphatic carbocycles. The van der Waals surface area contributed by atoms with Crippen LogP contribution >= 0.6 is 0 Å². The van der Waals surface area contributed by atoms with Gasteiger partial charge in [-0.05, 0) is 49.2 Å². The molecule has 30 heavy (non-hydrogen) atoms. The van der Waals surface area contributed by atoms with Crippen LogP contribution in [0, 0.1) is 5.82 Å². The Hall–Kier alpha value is -3.47. The van der Waals surface area contributed by atoms with Gasteiger partial charge < -0.3 is 9.80 Å². The number of anilines is 2. The summed E-state index contributed by atoms with van der Waals surface area (Å²) in [6.07, 6.45) is 0.547. The van der Waals surface area contributed by atoms with E-state index >= 15 is 0 Å². The molecule has 0 aromatic heterocycles. The normalized spacial score (nSPS) is 17.9. The Morgan fingerprint density at radius 2 is 1.57 bits per heavy atom. The molecule has 0 spiro atoms. The maximum atomic E-state index is 14.5. The average molecular weight is 402 g/mol. The lowest BCUT2D eigenvalue weighted by atomic mass is 9.89. The van der Waals surface area contributed by atoms with Crippen LogP contribution < -0.4 is 9.80 Å². The van der Waals surface area contributed by atoms with Crippen molar-refractivity contribution in [3.8, 4) is 0 Å². The molecule has 1 heterocycles. The molecule has 0 saturated carbocycles. The highest BCUT2D eigenvalue weighted by Crippen LogP contribution is 2.42. The Morgan fingerprint density at radius 3 is 2.27 bits per heavy atom. The zero-order valence-electron chi connectivity index (χ0n) is 17.0. The first-order valence-electron chi connectivity index (χ1n) is 10.0. The van der Waals surface area contributed by atoms with E-state index in [9.17, 15) is 14.0 Å². The van der Waals surface area contributed by atoms with Crippen LogP contribution in [-0.4, -0.2) is 17.9 Å². The highest BCUT2D eigenvalue weighted by atomic mass is 19.1. The van der Waals surface area contributed by atoms with E-state index in [0.717, 1.165) is 11.3 Å². The first-order chi connectivity index (χ1) is 14.5. The number of benzene rings is 3. The lowest BCUT2D eigenvalue weighted by molar-refractivity contribution is -0.117. The lowest BCUT2D eigenvalue weighted by Crippen LogP contribution is -2.47. The summed E-state index contributed by atoms with van der Waals surface area (Å²) in [6.45, 7) is 3.52. The fraction of sp³-hybridized carbons (Fsp3) is 0.200. The van der Waals surface area contributed by atoms with Crippen molar-refractivity contribution in [3.05, 3.63) is 95.8 Å². The fourth-order valence-electron chi connectivity index (χ4n) is 4.30. The standard InChI is InChI=1S/C25H23FN2O2/c1-17-16-24(21-13-7-9-15-23(21)27(17)18(2)29)28(19-10-4-3-5-11-19)25(30)20-12-6-8-14-22(20)26/h3-15,17,24H,16H2,1-2H3/t17-,24+/m0/s1. The van der Waals surface area contributed by atoms with Gasteiger partial charge in [0.2, 0.25) is 5.91 Å². The SMILES string of the molecule is CC(=O)N1c2ccccc2[C@H](N(C(=O)c2ccccc2F)c2ccccc2)C[C@@H]1C. The summed E-state index contributed by atoms with van der Waals surface area (Å²) in [4.78, 5) is 29.3. The summed E-state index contributed by atoms with van der Waals surface area (Å²) in [6, 6.07) is 22.5. The molecule has 0 unspecified atom stereocenters. The van der Waals surface area contributed by atoms with Crippen LogP contribution in [0.4, 0.5) is 15.8 Å². The lowest BCUT2D eigenvalue weighted by Gasteiger charge is -2.43. The molecule has 3 aromatic rings. The van der Waals surface area contributed by atoms with Gasteiger partial charge in [0.05, 0.1) is 11.6 Å². The summed E-state index contributed by atoms with van der Waals surface area (Å²) in [5.41, 5.74) is 2.38. The summed E-state index contributed by atoms with van der Waals surface area (Å²) in [5, 5.41) is 0. The highest BCUT2D eigenvalue weighted by molar-refractivity contribution is 6.07. The largest absolute Gasteiger partial charge is 0.309 e. The van der Waals surface area contributed by atoms with Gasteiger partial charge in [0.25, 0.3) is 5.91 Å². The molecule has 1 aliphatic heterocycles. The predicted molar refractivity (Wildman–Crippen MR) is 116 cm³/mol. The molecule has 5 heteroatoms. The van der Waals surface area contributed by atoms with E-state index in [-0.39, 0.29) is 23.6 Å². The minimum absolute atomic E-state index is 0.0282. The minimum atomic E-state index is -0.550. The topological polar surface area (TPSA) is 40.6 Å². The molecule has 0 saturated heterocycles. The average Bonchev–Trinajstić information content (AvgIpc) is 2.74. The molecule has 0 N–H and O–H groups in total. The van der Waals surface area contributed by atoms with Crippen molar-refractivity contribution in [3.63, 3.8) is 0 Å². The third kappa shape index (κ3) is 3.47. The summed E-state index contributed by atoms with van der Waals surface area (Å²) < 4.78 is 14.5. The molecule has 0 radical (unpaired) electrons. The second-order valence-electron chi connectivity index (χ2n) is 7.54. The second-order valence-corrected chi connectivity index (χ2v) is 7.54. The van der Waals surface area contributed by atoms with Crippen molar-refractivity contribution in [2.24, 2.45) is 0 Å². The molecule has 4 rings (SSSR count). The molecular weight excluding hydrogens is 379 g/mol. The summed E-state index contributed by atoms with van der Waals surface area (Å²) >= 11 is 0. The van der Waals surface area contributed by atoms with Crippen LogP contribution in [0.5, 0.6) is 0 Å². The monoisotopic (exact) mass is 402 g/mol. The molecule has 2 amide bonds. The van der Waals surface area contributed by atoms with E-state index in [4.69, 9.17) is 0 Å². The van der Waals surface area contributed by atoms with Crippen molar-refractivity contribution in [1.29, 1.82) is 0 Å². The van der Waals surface area contributed by atoms with Crippen molar-refractivity contribution >= 4 is 23.2 Å². The molecule has 1 aliphatic rings. The van der Waals surface area contributed by atoms with E-state index in [1.807, 2.05) is 61.5 Å². The maximum absolute atomic E-state index is 14.5. The molecule has 0 fully saturated rings. The second kappa shape index (κ2) is 8.11. The number of rotatable bonds is 3. The quantitative estimate of drug-likeness (QED) is 0.592. The van der Waals surface area contributed by atoms with E-state index in [1.54, 1.807) is 28.9 Å². The number of carbonyl (C=O) groups is 2. The van der Waals surface area contributed by atoms with Gasteiger partial charge in [-0.15, -0.1) is 0 Å². The third-order valence-electron chi connectivity index (χ3n) is 5.57. The number of amides is 2. The number of hydrogen-bond acceptors (Lipinski definition) is 2. The fourth-order valence-corrected chi connectivity index (χ4v) is 4.30. The van der Waals surface area contributed by atoms with Crippen LogP contribution in [-0.2, 0) is 4.79 Å². The number of carbonyl (C=O) groups excluding carboxylic acids is 2. The molecule has 4 nitrogen and oxygen atoms in total. The summed E-state index contributed by atoms with van der Waals surface area (Å²) in [7, 11) is 0. The van der Waals surface area contributed by atoms with Gasteiger partial charge in [-0.3, -0.25) is 9.59 Å². The Balaban J connectivity index is 1.88. The zero-order valence-corrected chi connectivity index (χ0v) is 17.0. The number of hydrogen-bond donors (Lipinski definition) is 0. The number of nitrogens with zero attached hydrogens (tertiary/aromatic N) is 2. The van der Waals surface area contributed by atoms with E-state index in [2.05, 4.69) is 0 Å². The van der Waals surface area contributed by atoms with Gasteiger partial charge in [0.15, 0.2) is 0 Å². The van der Waals surface area contributed by atoms with Gasteiger partial charge in [-0.25, -0.2) is 4.39 Å². The highest BCUT2D eigenvalue weighted by Gasteiger charge is 2.38. The third-order valence-corrected chi connectivity index (χ3v) is 5.57. The van der Waals surface area contributed by atoms with Crippen LogP contribution in [0.3, 0.4) is 0 Å². The Kier molecular flexibility index (Phi) is 5.36. The minimum Gasteiger partial charge on any atom is -0.309 e. The van der Waals surface area contributed by atoms with Crippen LogP contribution in [0.25, 0.3) is 0 Å². The van der Waals surface area contributed by atoms with E-state index in [1.165, 1.54) is 12.1 Å². The predicted octanol–water partition coefficient (Wildman–Crippen LogP) is 5.36. The van der Waals surface area contributed by atoms with Crippen molar-refractivity contribution in [1.82, 2.24) is 0 Å². The smallest absolute Gasteiger partial charge is 0.261 e. The Bertz CT molecular complexity index is 1080. The first-order valence-corrected chi connectivity index (χ1v) is 10.0. The number of para-hydroxylation sites is 2. The Labute approximate surface area is 175 Å². The van der Waals surface area contributed by atoms with Gasteiger partial charge in [0, 0.05) is 24.3 Å². The molecule has 2 atom stereocenters. The molecule has 0 bridgehead atoms. The van der Waals surface area contributed by atoms with Crippen molar-refractivity contribution in [2.75, 3.05) is 9.80 Å². The van der Waals surface area contributed by atoms with Crippen molar-refractivity contribution < 1.29 is 14.0 Å². The number of fused-ring (bicyclic) bond motifs is 1. The van der Waals surface area contributed by atoms with Crippen molar-refractivity contribution in [2.45, 2.75) is 32.4 Å². The van der Waals surface area contributed by atoms with E-state index < -0.39 is 11.7 Å². The van der Waals surface area contributed by atoms with Crippen LogP contribution in [0.2, 0.25) is 0 Å². The molecular formula is C25H23FN2O2. The first kappa shape index (κ1) is 19.8. The van der Waals surface area contributed by atoms with Gasteiger partial charge in [-0.2, -0.15) is 0 Å². The van der Waals surface area contributed by atoms with Gasteiger partial charge in [0.1, 0.15) is 5.82 Å². The van der Waals surface area contributed by atoms with Crippen LogP contribution in [0.1, 0.15) is 42.2 Å². The molecule has 152 valence electrons. The van der Waals surface area contributed by atoms with Crippen LogP contribution in [0.15, 0.2) is 78.9 Å².